The van der Waals surface area contributed by atoms with Gasteiger partial charge in [-0.1, -0.05) is 25.2 Å². The van der Waals surface area contributed by atoms with Crippen LogP contribution in [0.2, 0.25) is 0 Å². The molecule has 1 aromatic heterocycles. The van der Waals surface area contributed by atoms with Crippen molar-refractivity contribution in [1.29, 1.82) is 0 Å². The Labute approximate surface area is 95.7 Å². The first-order valence-corrected chi connectivity index (χ1v) is 6.02. The van der Waals surface area contributed by atoms with Crippen LogP contribution in [0.4, 0.5) is 5.13 Å². The van der Waals surface area contributed by atoms with E-state index in [-0.39, 0.29) is 0 Å². The summed E-state index contributed by atoms with van der Waals surface area (Å²) in [7, 11) is 4.22. The third-order valence-corrected chi connectivity index (χ3v) is 3.22. The van der Waals surface area contributed by atoms with Crippen molar-refractivity contribution in [2.24, 2.45) is 5.92 Å². The Morgan fingerprint density at radius 2 is 2.00 bits per heavy atom. The van der Waals surface area contributed by atoms with Crippen LogP contribution in [0.5, 0.6) is 0 Å². The van der Waals surface area contributed by atoms with Crippen LogP contribution < -0.4 is 5.32 Å². The summed E-state index contributed by atoms with van der Waals surface area (Å²) in [6.07, 6.45) is 0. The fraction of sp³-hybridized carbons (Fsp3) is 0.800. The minimum atomic E-state index is 0.522. The molecule has 0 aliphatic rings. The Kier molecular flexibility index (Phi) is 4.47. The smallest absolute Gasteiger partial charge is 0.205 e. The minimum absolute atomic E-state index is 0.522. The third kappa shape index (κ3) is 3.76. The quantitative estimate of drug-likeness (QED) is 0.835. The summed E-state index contributed by atoms with van der Waals surface area (Å²) in [5, 5.41) is 13.3. The van der Waals surface area contributed by atoms with Gasteiger partial charge in [0.2, 0.25) is 5.13 Å². The van der Waals surface area contributed by atoms with E-state index >= 15 is 0 Å². The highest BCUT2D eigenvalue weighted by Gasteiger charge is 2.15. The molecule has 1 atom stereocenters. The molecule has 1 N–H and O–H groups in total. The molecule has 0 aliphatic heterocycles. The van der Waals surface area contributed by atoms with Crippen LogP contribution in [0, 0.1) is 12.8 Å². The average molecular weight is 228 g/mol. The topological polar surface area (TPSA) is 41.1 Å². The second kappa shape index (κ2) is 5.42. The number of rotatable bonds is 5. The zero-order chi connectivity index (χ0) is 11.4. The van der Waals surface area contributed by atoms with Crippen molar-refractivity contribution in [2.45, 2.75) is 26.8 Å². The van der Waals surface area contributed by atoms with Gasteiger partial charge >= 0.3 is 0 Å². The van der Waals surface area contributed by atoms with Gasteiger partial charge in [0.1, 0.15) is 5.01 Å². The Balaban J connectivity index is 2.47. The predicted octanol–water partition coefficient (Wildman–Crippen LogP) is 1.84. The van der Waals surface area contributed by atoms with Crippen LogP contribution in [0.1, 0.15) is 18.9 Å². The molecule has 15 heavy (non-hydrogen) atoms. The normalized spacial score (nSPS) is 13.5. The van der Waals surface area contributed by atoms with Crippen molar-refractivity contribution < 1.29 is 0 Å². The SMILES string of the molecule is Cc1nnc(NC[C@H](C(C)C)N(C)C)s1. The fourth-order valence-electron chi connectivity index (χ4n) is 1.57. The number of aromatic nitrogens is 2. The molecular formula is C10H20N4S. The van der Waals surface area contributed by atoms with E-state index in [0.29, 0.717) is 12.0 Å². The molecule has 1 aromatic rings. The third-order valence-electron chi connectivity index (χ3n) is 2.42. The van der Waals surface area contributed by atoms with E-state index in [2.05, 4.69) is 48.4 Å². The van der Waals surface area contributed by atoms with E-state index in [4.69, 9.17) is 0 Å². The summed E-state index contributed by atoms with van der Waals surface area (Å²) in [4.78, 5) is 2.24. The fourth-order valence-corrected chi connectivity index (χ4v) is 2.17. The monoisotopic (exact) mass is 228 g/mol. The summed E-state index contributed by atoms with van der Waals surface area (Å²) in [5.74, 6) is 0.626. The average Bonchev–Trinajstić information content (AvgIpc) is 2.50. The molecular weight excluding hydrogens is 208 g/mol. The molecule has 0 fully saturated rings. The molecule has 1 rings (SSSR count). The van der Waals surface area contributed by atoms with Crippen LogP contribution in [0.3, 0.4) is 0 Å². The second-order valence-electron chi connectivity index (χ2n) is 4.28. The van der Waals surface area contributed by atoms with Gasteiger partial charge in [-0.15, -0.1) is 10.2 Å². The Morgan fingerprint density at radius 1 is 1.33 bits per heavy atom. The van der Waals surface area contributed by atoms with E-state index in [1.165, 1.54) is 0 Å². The van der Waals surface area contributed by atoms with Crippen molar-refractivity contribution in [1.82, 2.24) is 15.1 Å². The van der Waals surface area contributed by atoms with Crippen LogP contribution in [-0.2, 0) is 0 Å². The molecule has 0 saturated heterocycles. The van der Waals surface area contributed by atoms with E-state index in [1.807, 2.05) is 6.92 Å². The van der Waals surface area contributed by atoms with Gasteiger partial charge in [0.25, 0.3) is 0 Å². The standard InChI is InChI=1S/C10H20N4S/c1-7(2)9(14(4)5)6-11-10-13-12-8(3)15-10/h7,9H,6H2,1-5H3,(H,11,13)/t9-/m1/s1. The van der Waals surface area contributed by atoms with Crippen LogP contribution >= 0.6 is 11.3 Å². The molecule has 0 aliphatic carbocycles. The maximum atomic E-state index is 4.05. The van der Waals surface area contributed by atoms with Gasteiger partial charge in [0, 0.05) is 12.6 Å². The number of anilines is 1. The molecule has 0 radical (unpaired) electrons. The van der Waals surface area contributed by atoms with E-state index in [1.54, 1.807) is 11.3 Å². The highest BCUT2D eigenvalue weighted by atomic mass is 32.1. The first-order valence-electron chi connectivity index (χ1n) is 5.21. The lowest BCUT2D eigenvalue weighted by atomic mass is 10.0. The number of nitrogens with zero attached hydrogens (tertiary/aromatic N) is 3. The van der Waals surface area contributed by atoms with Crippen LogP contribution in [0.15, 0.2) is 0 Å². The van der Waals surface area contributed by atoms with Gasteiger partial charge < -0.3 is 10.2 Å². The molecule has 0 saturated carbocycles. The van der Waals surface area contributed by atoms with Crippen molar-refractivity contribution in [3.63, 3.8) is 0 Å². The number of likely N-dealkylation sites (N-methyl/N-ethyl adjacent to an activating group) is 1. The van der Waals surface area contributed by atoms with Gasteiger partial charge in [-0.3, -0.25) is 0 Å². The van der Waals surface area contributed by atoms with Gasteiger partial charge in [-0.05, 0) is 26.9 Å². The number of hydrogen-bond acceptors (Lipinski definition) is 5. The Hall–Kier alpha value is -0.680. The lowest BCUT2D eigenvalue weighted by Crippen LogP contribution is -2.38. The van der Waals surface area contributed by atoms with Crippen LogP contribution in [0.25, 0.3) is 0 Å². The molecule has 1 heterocycles. The lowest BCUT2D eigenvalue weighted by Gasteiger charge is -2.27. The van der Waals surface area contributed by atoms with Crippen molar-refractivity contribution in [2.75, 3.05) is 26.0 Å². The predicted molar refractivity (Wildman–Crippen MR) is 65.4 cm³/mol. The first-order chi connectivity index (χ1) is 7.00. The van der Waals surface area contributed by atoms with E-state index in [9.17, 15) is 0 Å². The van der Waals surface area contributed by atoms with Gasteiger partial charge in [0.15, 0.2) is 0 Å². The number of nitrogens with one attached hydrogen (secondary N) is 1. The molecule has 0 aromatic carbocycles. The minimum Gasteiger partial charge on any atom is -0.358 e. The maximum Gasteiger partial charge on any atom is 0.205 e. The lowest BCUT2D eigenvalue weighted by molar-refractivity contribution is 0.243. The van der Waals surface area contributed by atoms with Crippen molar-refractivity contribution in [3.8, 4) is 0 Å². The molecule has 0 spiro atoms. The number of aryl methyl sites for hydroxylation is 1. The largest absolute Gasteiger partial charge is 0.358 e. The molecule has 0 unspecified atom stereocenters. The van der Waals surface area contributed by atoms with Crippen LogP contribution in [-0.4, -0.2) is 41.8 Å². The Bertz CT molecular complexity index is 287. The van der Waals surface area contributed by atoms with E-state index < -0.39 is 0 Å². The van der Waals surface area contributed by atoms with Gasteiger partial charge in [-0.25, -0.2) is 0 Å². The summed E-state index contributed by atoms with van der Waals surface area (Å²) >= 11 is 1.60. The van der Waals surface area contributed by atoms with Crippen molar-refractivity contribution >= 4 is 16.5 Å². The molecule has 5 heteroatoms. The second-order valence-corrected chi connectivity index (χ2v) is 5.46. The van der Waals surface area contributed by atoms with Gasteiger partial charge in [-0.2, -0.15) is 0 Å². The van der Waals surface area contributed by atoms with E-state index in [0.717, 1.165) is 16.7 Å². The Morgan fingerprint density at radius 3 is 2.40 bits per heavy atom. The highest BCUT2D eigenvalue weighted by molar-refractivity contribution is 7.15. The summed E-state index contributed by atoms with van der Waals surface area (Å²) in [6.45, 7) is 7.35. The molecule has 86 valence electrons. The first kappa shape index (κ1) is 12.4. The zero-order valence-electron chi connectivity index (χ0n) is 10.1. The zero-order valence-corrected chi connectivity index (χ0v) is 10.9. The number of hydrogen-bond donors (Lipinski definition) is 1. The summed E-state index contributed by atoms with van der Waals surface area (Å²) in [5.41, 5.74) is 0. The summed E-state index contributed by atoms with van der Waals surface area (Å²) < 4.78 is 0. The molecule has 0 bridgehead atoms. The maximum absolute atomic E-state index is 4.05. The van der Waals surface area contributed by atoms with Gasteiger partial charge in [0.05, 0.1) is 0 Å². The highest BCUT2D eigenvalue weighted by Crippen LogP contribution is 2.15. The molecule has 0 amide bonds. The molecule has 4 nitrogen and oxygen atoms in total. The summed E-state index contributed by atoms with van der Waals surface area (Å²) in [6, 6.07) is 0.522. The van der Waals surface area contributed by atoms with Crippen molar-refractivity contribution in [3.05, 3.63) is 5.01 Å².